The molecule has 3 aromatic rings. The van der Waals surface area contributed by atoms with Gasteiger partial charge in [-0.3, -0.25) is 33.7 Å². The summed E-state index contributed by atoms with van der Waals surface area (Å²) in [5, 5.41) is 27.0. The lowest BCUT2D eigenvalue weighted by atomic mass is 9.89. The van der Waals surface area contributed by atoms with E-state index >= 15 is 0 Å². The van der Waals surface area contributed by atoms with Crippen molar-refractivity contribution in [1.29, 1.82) is 0 Å². The molecule has 1 saturated heterocycles. The predicted molar refractivity (Wildman–Crippen MR) is 357 cm³/mol. The Labute approximate surface area is 561 Å². The maximum atomic E-state index is 14.9. The van der Waals surface area contributed by atoms with E-state index in [1.807, 2.05) is 113 Å². The summed E-state index contributed by atoms with van der Waals surface area (Å²) in [6.07, 6.45) is -1.82. The van der Waals surface area contributed by atoms with Crippen molar-refractivity contribution in [2.24, 2.45) is 35.3 Å². The number of ether oxygens (including phenoxy) is 3. The molecule has 532 valence electrons. The maximum absolute atomic E-state index is 14.9. The zero-order valence-electron chi connectivity index (χ0n) is 58.0. The fourth-order valence-corrected chi connectivity index (χ4v) is 12.2. The summed E-state index contributed by atoms with van der Waals surface area (Å²) in [5.41, 5.74) is 6.91. The number of rotatable bonds is 34. The molecule has 1 aromatic heterocycles. The van der Waals surface area contributed by atoms with Gasteiger partial charge >= 0.3 is 24.3 Å². The highest BCUT2D eigenvalue weighted by Crippen LogP contribution is 2.31. The number of hydrogen-bond acceptors (Lipinski definition) is 15. The normalized spacial score (nSPS) is 16.5. The lowest BCUT2D eigenvalue weighted by molar-refractivity contribution is -0.192. The number of primary amides is 1. The molecule has 0 spiro atoms. The number of likely N-dealkylation sites (tertiary alicyclic amines) is 1. The number of nitrogens with two attached hydrogens (primary N) is 1. The summed E-state index contributed by atoms with van der Waals surface area (Å²) in [6.45, 7) is 23.4. The van der Waals surface area contributed by atoms with Crippen LogP contribution in [-0.2, 0) is 60.6 Å². The summed E-state index contributed by atoms with van der Waals surface area (Å²) in [4.78, 5) is 128. The third kappa shape index (κ3) is 26.6. The molecule has 28 heteroatoms. The Bertz CT molecular complexity index is 2920. The highest BCUT2D eigenvalue weighted by atomic mass is 32.1. The average Bonchev–Trinajstić information content (AvgIpc) is 1.79. The molecule has 4 rings (SSSR count). The van der Waals surface area contributed by atoms with Crippen molar-refractivity contribution in [2.75, 3.05) is 53.3 Å². The van der Waals surface area contributed by atoms with E-state index in [2.05, 4.69) is 36.9 Å². The van der Waals surface area contributed by atoms with Crippen LogP contribution < -0.4 is 37.6 Å². The van der Waals surface area contributed by atoms with Crippen LogP contribution in [0.4, 0.5) is 28.4 Å². The first-order valence-corrected chi connectivity index (χ1v) is 33.2. The van der Waals surface area contributed by atoms with Crippen LogP contribution in [0.3, 0.4) is 0 Å². The highest BCUT2D eigenvalue weighted by Gasteiger charge is 2.44. The van der Waals surface area contributed by atoms with Gasteiger partial charge in [0.25, 0.3) is 0 Å². The number of carboxylic acid groups (broad SMARTS) is 1. The monoisotopic (exact) mass is 1360 g/mol. The van der Waals surface area contributed by atoms with Gasteiger partial charge in [0.15, 0.2) is 0 Å². The van der Waals surface area contributed by atoms with Gasteiger partial charge in [0.1, 0.15) is 28.7 Å². The number of carboxylic acids is 1. The van der Waals surface area contributed by atoms with Gasteiger partial charge < -0.3 is 66.8 Å². The van der Waals surface area contributed by atoms with Crippen molar-refractivity contribution in [2.45, 2.75) is 201 Å². The minimum atomic E-state index is -5.08. The first kappa shape index (κ1) is 81.8. The van der Waals surface area contributed by atoms with Crippen LogP contribution in [0.2, 0.25) is 0 Å². The first-order valence-electron chi connectivity index (χ1n) is 32.3. The minimum Gasteiger partial charge on any atom is -0.475 e. The number of carbonyl (C=O) groups is 9. The molecular formula is C67H104F3N11O13S. The summed E-state index contributed by atoms with van der Waals surface area (Å²) in [7, 11) is 6.73. The second-order valence-corrected chi connectivity index (χ2v) is 27.1. The number of carbonyl (C=O) groups excluding carboxylic acids is 8. The van der Waals surface area contributed by atoms with Crippen molar-refractivity contribution in [3.63, 3.8) is 0 Å². The number of amides is 9. The molecule has 0 saturated carbocycles. The van der Waals surface area contributed by atoms with E-state index in [1.54, 1.807) is 79.1 Å². The van der Waals surface area contributed by atoms with Crippen LogP contribution in [0.5, 0.6) is 0 Å². The third-order valence-corrected chi connectivity index (χ3v) is 17.5. The Morgan fingerprint density at radius 3 is 1.93 bits per heavy atom. The van der Waals surface area contributed by atoms with Crippen LogP contribution in [0.25, 0.3) is 0 Å². The van der Waals surface area contributed by atoms with Crippen molar-refractivity contribution in [1.82, 2.24) is 46.3 Å². The second kappa shape index (κ2) is 39.0. The van der Waals surface area contributed by atoms with E-state index in [1.165, 1.54) is 11.3 Å². The number of thiazole rings is 1. The summed E-state index contributed by atoms with van der Waals surface area (Å²) < 4.78 is 49.4. The molecule has 1 fully saturated rings. The van der Waals surface area contributed by atoms with E-state index in [4.69, 9.17) is 29.8 Å². The van der Waals surface area contributed by atoms with Crippen LogP contribution in [-0.4, -0.2) is 187 Å². The van der Waals surface area contributed by atoms with E-state index in [-0.39, 0.29) is 78.8 Å². The number of nitrogens with zero attached hydrogens (tertiary/aromatic N) is 4. The number of nitrogens with one attached hydrogen (secondary N) is 6. The molecule has 95 heavy (non-hydrogen) atoms. The SMILES string of the molecule is CC[C@H](C)[C@@H]([C@@H](CC(=O)N1CCC[C@H]1[C@H](OC)[C@@H](C)C(=O)N[C@@H](Cc1ccccc1)c1nccs1)OC)N(C)C(=O)[C@@H](NC(=O)[C@H](C(C)C)N(C)CCc1ccc(NC(=O)[C@H](CCCNC(N)=O)NC(=O)[C@@H](NC(=O)OC(C)(C)C)C(C)C)cc1)C(C)C.O=C(O)C(F)(F)F. The molecule has 0 radical (unpaired) electrons. The number of urea groups is 1. The number of likely N-dealkylation sites (N-methyl/N-ethyl adjacent to an activating group) is 2. The van der Waals surface area contributed by atoms with E-state index in [0.29, 0.717) is 50.9 Å². The standard InChI is InChI=1S/C65H103N11O11S.C2HF3O2/c1-17-42(8)55(50(85-15)38-51(77)76-34-22-26-49(76)56(86-16)43(9)57(78)71-48(61-67-33-36-88-61)37-45-23-19-18-20-24-45)75(14)62(82)53(40(4)5)72-60(81)54(41(6)7)74(13)35-31-44-27-29-46(30-28-44)69-58(79)47(25-21-32-68-63(66)83)70-59(80)52(39(2)3)73-64(84)87-65(10,11)12;3-2(4,5)1(6)7/h18-20,23-24,27-30,33,36,39-43,47-50,52-56H,17,21-22,25-26,31-32,34-35,37-38H2,1-16H3,(H,69,79)(H,70,80)(H,71,78)(H,72,81)(H,73,84)(H3,66,68,83);(H,6,7)/t42-,43+,47-,48-,49-,50+,52-,53-,54-,55-,56+;/m0./s1. The number of aliphatic carboxylic acids is 1. The van der Waals surface area contributed by atoms with E-state index in [0.717, 1.165) is 22.6 Å². The molecule has 24 nitrogen and oxygen atoms in total. The zero-order valence-corrected chi connectivity index (χ0v) is 58.8. The molecule has 0 aliphatic carbocycles. The van der Waals surface area contributed by atoms with E-state index < -0.39 is 90.0 Å². The second-order valence-electron chi connectivity index (χ2n) is 26.2. The van der Waals surface area contributed by atoms with Crippen molar-refractivity contribution in [3.05, 3.63) is 82.3 Å². The van der Waals surface area contributed by atoms with Gasteiger partial charge in [-0.05, 0) is 113 Å². The molecule has 0 bridgehead atoms. The quantitative estimate of drug-likeness (QED) is 0.0264. The topological polar surface area (TPSA) is 322 Å². The minimum absolute atomic E-state index is 0.0218. The van der Waals surface area contributed by atoms with Crippen LogP contribution in [0, 0.1) is 29.6 Å². The average molecular weight is 1360 g/mol. The number of methoxy groups -OCH3 is 2. The number of alkyl carbamates (subject to hydrolysis) is 1. The molecule has 11 atom stereocenters. The Kier molecular flexibility index (Phi) is 33.5. The van der Waals surface area contributed by atoms with Gasteiger partial charge in [-0.15, -0.1) is 11.3 Å². The highest BCUT2D eigenvalue weighted by molar-refractivity contribution is 7.09. The predicted octanol–water partition coefficient (Wildman–Crippen LogP) is 7.86. The van der Waals surface area contributed by atoms with Gasteiger partial charge in [0, 0.05) is 58.2 Å². The summed E-state index contributed by atoms with van der Waals surface area (Å²) >= 11 is 1.49. The van der Waals surface area contributed by atoms with E-state index in [9.17, 15) is 51.5 Å². The van der Waals surface area contributed by atoms with Crippen molar-refractivity contribution < 1.29 is 75.6 Å². The van der Waals surface area contributed by atoms with Gasteiger partial charge in [-0.2, -0.15) is 13.2 Å². The lowest BCUT2D eigenvalue weighted by Gasteiger charge is -2.41. The van der Waals surface area contributed by atoms with Crippen LogP contribution >= 0.6 is 11.3 Å². The Hall–Kier alpha value is -7.43. The smallest absolute Gasteiger partial charge is 0.475 e. The molecule has 9 amide bonds. The van der Waals surface area contributed by atoms with Gasteiger partial charge in [0.2, 0.25) is 35.4 Å². The Morgan fingerprint density at radius 1 is 0.789 bits per heavy atom. The molecule has 2 heterocycles. The van der Waals surface area contributed by atoms with Crippen molar-refractivity contribution in [3.8, 4) is 0 Å². The molecular weight excluding hydrogens is 1260 g/mol. The maximum Gasteiger partial charge on any atom is 0.490 e. The zero-order chi connectivity index (χ0) is 71.7. The number of benzene rings is 2. The number of anilines is 1. The van der Waals surface area contributed by atoms with Gasteiger partial charge in [0.05, 0.1) is 48.7 Å². The lowest BCUT2D eigenvalue weighted by Crippen LogP contribution is -2.60. The summed E-state index contributed by atoms with van der Waals surface area (Å²) in [6, 6.07) is 11.6. The molecule has 9 N–H and O–H groups in total. The Balaban J connectivity index is 0.00000317. The Morgan fingerprint density at radius 2 is 1.41 bits per heavy atom. The third-order valence-electron chi connectivity index (χ3n) is 16.7. The van der Waals surface area contributed by atoms with Crippen molar-refractivity contribution >= 4 is 70.6 Å². The molecule has 0 unspecified atom stereocenters. The van der Waals surface area contributed by atoms with Crippen LogP contribution in [0.1, 0.15) is 144 Å². The molecule has 1 aliphatic rings. The fourth-order valence-electron chi connectivity index (χ4n) is 11.5. The fraction of sp³-hybridized carbons (Fsp3) is 0.642. The number of hydrogen-bond donors (Lipinski definition) is 8. The summed E-state index contributed by atoms with van der Waals surface area (Å²) in [5.74, 6) is -6.31. The largest absolute Gasteiger partial charge is 0.490 e. The van der Waals surface area contributed by atoms with Gasteiger partial charge in [-0.25, -0.2) is 19.4 Å². The first-order chi connectivity index (χ1) is 44.5. The molecule has 1 aliphatic heterocycles. The molecule has 2 aromatic carbocycles. The number of aromatic nitrogens is 1. The van der Waals surface area contributed by atoms with Gasteiger partial charge in [-0.1, -0.05) is 111 Å². The number of alkyl halides is 3. The number of halogens is 3. The van der Waals surface area contributed by atoms with Crippen LogP contribution in [0.15, 0.2) is 66.2 Å².